The van der Waals surface area contributed by atoms with E-state index in [0.717, 1.165) is 17.7 Å². The van der Waals surface area contributed by atoms with Gasteiger partial charge in [-0.05, 0) is 68.2 Å². The molecule has 1 saturated carbocycles. The van der Waals surface area contributed by atoms with Crippen molar-refractivity contribution in [2.45, 2.75) is 51.5 Å². The highest BCUT2D eigenvalue weighted by Crippen LogP contribution is 2.34. The Morgan fingerprint density at radius 1 is 1.25 bits per heavy atom. The van der Waals surface area contributed by atoms with Gasteiger partial charge in [0, 0.05) is 12.6 Å². The van der Waals surface area contributed by atoms with Crippen LogP contribution in [0.4, 0.5) is 0 Å². The first-order valence-corrected chi connectivity index (χ1v) is 8.20. The maximum Gasteiger partial charge on any atom is 0.122 e. The van der Waals surface area contributed by atoms with Crippen molar-refractivity contribution in [2.24, 2.45) is 5.92 Å². The van der Waals surface area contributed by atoms with Crippen molar-refractivity contribution in [3.05, 3.63) is 29.3 Å². The number of ether oxygens (including phenoxy) is 1. The van der Waals surface area contributed by atoms with E-state index in [1.54, 1.807) is 7.11 Å². The fourth-order valence-electron chi connectivity index (χ4n) is 3.60. The van der Waals surface area contributed by atoms with E-state index in [-0.39, 0.29) is 0 Å². The molecular weight excluding hydrogens is 246 g/mol. The van der Waals surface area contributed by atoms with Crippen LogP contribution >= 0.6 is 0 Å². The lowest BCUT2D eigenvalue weighted by atomic mass is 9.86. The highest BCUT2D eigenvalue weighted by atomic mass is 16.5. The molecule has 1 aromatic carbocycles. The number of hydrogen-bond donors (Lipinski definition) is 0. The molecule has 1 fully saturated rings. The summed E-state index contributed by atoms with van der Waals surface area (Å²) in [4.78, 5) is 2.76. The fourth-order valence-corrected chi connectivity index (χ4v) is 3.60. The Kier molecular flexibility index (Phi) is 4.30. The van der Waals surface area contributed by atoms with Crippen LogP contribution in [0.5, 0.6) is 5.75 Å². The summed E-state index contributed by atoms with van der Waals surface area (Å²) in [7, 11) is 1.79. The molecule has 0 N–H and O–H groups in total. The summed E-state index contributed by atoms with van der Waals surface area (Å²) < 4.78 is 5.52. The minimum absolute atomic E-state index is 0.746. The van der Waals surface area contributed by atoms with Gasteiger partial charge in [-0.2, -0.15) is 0 Å². The van der Waals surface area contributed by atoms with E-state index < -0.39 is 0 Å². The Hall–Kier alpha value is -1.02. The Morgan fingerprint density at radius 3 is 2.80 bits per heavy atom. The third kappa shape index (κ3) is 3.01. The van der Waals surface area contributed by atoms with Crippen LogP contribution in [-0.4, -0.2) is 31.1 Å². The molecular formula is C18H27NO. The molecule has 1 aromatic rings. The number of nitrogens with zero attached hydrogens (tertiary/aromatic N) is 1. The van der Waals surface area contributed by atoms with Gasteiger partial charge in [0.05, 0.1) is 7.11 Å². The molecule has 20 heavy (non-hydrogen) atoms. The van der Waals surface area contributed by atoms with E-state index in [1.165, 1.54) is 62.7 Å². The first-order chi connectivity index (χ1) is 9.81. The van der Waals surface area contributed by atoms with Crippen molar-refractivity contribution < 1.29 is 4.74 Å². The van der Waals surface area contributed by atoms with Crippen LogP contribution in [0.2, 0.25) is 0 Å². The molecule has 3 rings (SSSR count). The van der Waals surface area contributed by atoms with Gasteiger partial charge in [0.1, 0.15) is 5.75 Å². The molecule has 0 spiro atoms. The van der Waals surface area contributed by atoms with Gasteiger partial charge in [0.15, 0.2) is 0 Å². The SMILES string of the molecule is CCCN(CC1CC1)C1CCc2c(cccc2OC)C1. The first kappa shape index (κ1) is 13.9. The Bertz CT molecular complexity index is 453. The highest BCUT2D eigenvalue weighted by molar-refractivity contribution is 5.42. The summed E-state index contributed by atoms with van der Waals surface area (Å²) in [5, 5.41) is 0. The average molecular weight is 273 g/mol. The summed E-state index contributed by atoms with van der Waals surface area (Å²) in [6.07, 6.45) is 7.86. The van der Waals surface area contributed by atoms with E-state index in [2.05, 4.69) is 30.0 Å². The van der Waals surface area contributed by atoms with Crippen LogP contribution in [0.25, 0.3) is 0 Å². The maximum absolute atomic E-state index is 5.52. The average Bonchev–Trinajstić information content (AvgIpc) is 3.29. The molecule has 0 radical (unpaired) electrons. The summed E-state index contributed by atoms with van der Waals surface area (Å²) >= 11 is 0. The van der Waals surface area contributed by atoms with Crippen LogP contribution in [0, 0.1) is 5.92 Å². The lowest BCUT2D eigenvalue weighted by Crippen LogP contribution is -2.41. The molecule has 0 aliphatic heterocycles. The van der Waals surface area contributed by atoms with Gasteiger partial charge in [-0.15, -0.1) is 0 Å². The standard InChI is InChI=1S/C18H27NO/c1-3-11-19(13-14-7-8-14)16-9-10-17-15(12-16)5-4-6-18(17)20-2/h4-6,14,16H,3,7-13H2,1-2H3. The number of fused-ring (bicyclic) bond motifs is 1. The second-order valence-corrected chi connectivity index (χ2v) is 6.43. The molecule has 110 valence electrons. The van der Waals surface area contributed by atoms with Crippen molar-refractivity contribution in [2.75, 3.05) is 20.2 Å². The van der Waals surface area contributed by atoms with Gasteiger partial charge in [0.25, 0.3) is 0 Å². The van der Waals surface area contributed by atoms with Gasteiger partial charge in [-0.3, -0.25) is 4.90 Å². The van der Waals surface area contributed by atoms with E-state index in [4.69, 9.17) is 4.74 Å². The lowest BCUT2D eigenvalue weighted by Gasteiger charge is -2.35. The molecule has 0 saturated heterocycles. The zero-order valence-electron chi connectivity index (χ0n) is 12.9. The third-order valence-corrected chi connectivity index (χ3v) is 4.85. The number of rotatable bonds is 6. The van der Waals surface area contributed by atoms with Gasteiger partial charge >= 0.3 is 0 Å². The summed E-state index contributed by atoms with van der Waals surface area (Å²) in [5.74, 6) is 2.08. The minimum Gasteiger partial charge on any atom is -0.496 e. The zero-order valence-corrected chi connectivity index (χ0v) is 12.9. The Morgan fingerprint density at radius 2 is 2.10 bits per heavy atom. The van der Waals surface area contributed by atoms with Crippen LogP contribution < -0.4 is 4.74 Å². The predicted molar refractivity (Wildman–Crippen MR) is 83.4 cm³/mol. The van der Waals surface area contributed by atoms with E-state index in [9.17, 15) is 0 Å². The lowest BCUT2D eigenvalue weighted by molar-refractivity contribution is 0.171. The quantitative estimate of drug-likeness (QED) is 0.784. The van der Waals surface area contributed by atoms with E-state index in [0.29, 0.717) is 0 Å². The predicted octanol–water partition coefficient (Wildman–Crippen LogP) is 3.67. The normalized spacial score (nSPS) is 21.9. The second-order valence-electron chi connectivity index (χ2n) is 6.43. The zero-order chi connectivity index (χ0) is 13.9. The van der Waals surface area contributed by atoms with Crippen molar-refractivity contribution in [1.82, 2.24) is 4.90 Å². The molecule has 2 aliphatic rings. The molecule has 2 aliphatic carbocycles. The van der Waals surface area contributed by atoms with E-state index in [1.807, 2.05) is 0 Å². The largest absolute Gasteiger partial charge is 0.496 e. The molecule has 1 atom stereocenters. The number of methoxy groups -OCH3 is 1. The molecule has 2 heteroatoms. The maximum atomic E-state index is 5.52. The monoisotopic (exact) mass is 273 g/mol. The fraction of sp³-hybridized carbons (Fsp3) is 0.667. The first-order valence-electron chi connectivity index (χ1n) is 8.20. The smallest absolute Gasteiger partial charge is 0.122 e. The second kappa shape index (κ2) is 6.17. The van der Waals surface area contributed by atoms with Crippen molar-refractivity contribution in [1.29, 1.82) is 0 Å². The third-order valence-electron chi connectivity index (χ3n) is 4.85. The van der Waals surface area contributed by atoms with Gasteiger partial charge in [-0.1, -0.05) is 19.1 Å². The van der Waals surface area contributed by atoms with Gasteiger partial charge in [-0.25, -0.2) is 0 Å². The molecule has 2 nitrogen and oxygen atoms in total. The molecule has 0 aromatic heterocycles. The topological polar surface area (TPSA) is 12.5 Å². The molecule has 0 heterocycles. The molecule has 1 unspecified atom stereocenters. The van der Waals surface area contributed by atoms with Gasteiger partial charge in [0.2, 0.25) is 0 Å². The van der Waals surface area contributed by atoms with Crippen LogP contribution in [0.3, 0.4) is 0 Å². The van der Waals surface area contributed by atoms with Crippen LogP contribution in [0.15, 0.2) is 18.2 Å². The molecule has 0 bridgehead atoms. The van der Waals surface area contributed by atoms with Crippen molar-refractivity contribution in [3.63, 3.8) is 0 Å². The minimum atomic E-state index is 0.746. The Labute approximate surface area is 123 Å². The number of benzene rings is 1. The highest BCUT2D eigenvalue weighted by Gasteiger charge is 2.30. The number of hydrogen-bond acceptors (Lipinski definition) is 2. The van der Waals surface area contributed by atoms with Gasteiger partial charge < -0.3 is 4.74 Å². The van der Waals surface area contributed by atoms with Crippen molar-refractivity contribution in [3.8, 4) is 5.75 Å². The molecule has 0 amide bonds. The Balaban J connectivity index is 1.72. The summed E-state index contributed by atoms with van der Waals surface area (Å²) in [6, 6.07) is 7.29. The summed E-state index contributed by atoms with van der Waals surface area (Å²) in [5.41, 5.74) is 2.96. The van der Waals surface area contributed by atoms with Crippen LogP contribution in [-0.2, 0) is 12.8 Å². The van der Waals surface area contributed by atoms with E-state index >= 15 is 0 Å². The van der Waals surface area contributed by atoms with Crippen molar-refractivity contribution >= 4 is 0 Å². The summed E-state index contributed by atoms with van der Waals surface area (Å²) in [6.45, 7) is 4.90. The van der Waals surface area contributed by atoms with Crippen LogP contribution in [0.1, 0.15) is 43.7 Å².